The summed E-state index contributed by atoms with van der Waals surface area (Å²) >= 11 is 5.03. The maximum Gasteiger partial charge on any atom is 0.0471 e. The third-order valence-corrected chi connectivity index (χ3v) is 7.79. The van der Waals surface area contributed by atoms with Crippen LogP contribution in [0.1, 0.15) is 52.9 Å². The summed E-state index contributed by atoms with van der Waals surface area (Å²) in [6, 6.07) is 0. The predicted molar refractivity (Wildman–Crippen MR) is 96.8 cm³/mol. The van der Waals surface area contributed by atoms with Crippen molar-refractivity contribution in [3.8, 4) is 0 Å². The molecule has 0 aromatic carbocycles. The van der Waals surface area contributed by atoms with Gasteiger partial charge >= 0.3 is 0 Å². The van der Waals surface area contributed by atoms with Crippen LogP contribution in [0.3, 0.4) is 0 Å². The van der Waals surface area contributed by atoms with Crippen LogP contribution in [-0.2, 0) is 0 Å². The summed E-state index contributed by atoms with van der Waals surface area (Å²) < 4.78 is 1.75. The van der Waals surface area contributed by atoms with Gasteiger partial charge in [-0.3, -0.25) is 0 Å². The fraction of sp³-hybridized carbons (Fsp3) is 1.00. The number of alkyl halides is 2. The highest BCUT2D eigenvalue weighted by molar-refractivity contribution is 14.1. The smallest absolute Gasteiger partial charge is 0.0471 e. The van der Waals surface area contributed by atoms with Gasteiger partial charge < -0.3 is 5.11 Å². The van der Waals surface area contributed by atoms with Crippen molar-refractivity contribution in [1.29, 1.82) is 0 Å². The van der Waals surface area contributed by atoms with Crippen LogP contribution in [0.15, 0.2) is 0 Å². The highest BCUT2D eigenvalue weighted by atomic mass is 127. The fourth-order valence-corrected chi connectivity index (χ4v) is 6.48. The Morgan fingerprint density at radius 1 is 0.833 bits per heavy atom. The van der Waals surface area contributed by atoms with Crippen molar-refractivity contribution in [2.45, 2.75) is 60.7 Å². The van der Waals surface area contributed by atoms with Crippen molar-refractivity contribution in [1.82, 2.24) is 0 Å². The van der Waals surface area contributed by atoms with E-state index in [1.54, 1.807) is 0 Å². The van der Waals surface area contributed by atoms with Crippen molar-refractivity contribution in [2.24, 2.45) is 23.7 Å². The third kappa shape index (κ3) is 4.21. The lowest BCUT2D eigenvalue weighted by Crippen LogP contribution is -2.39. The lowest BCUT2D eigenvalue weighted by molar-refractivity contribution is 0.103. The van der Waals surface area contributed by atoms with Crippen LogP contribution in [0.5, 0.6) is 0 Å². The van der Waals surface area contributed by atoms with Crippen molar-refractivity contribution >= 4 is 45.2 Å². The molecule has 108 valence electrons. The Kier molecular flexibility index (Phi) is 8.40. The second-order valence-corrected chi connectivity index (χ2v) is 8.96. The first kappa shape index (κ1) is 17.5. The number of aliphatic hydroxyl groups excluding tert-OH is 1. The predicted octanol–water partition coefficient (Wildman–Crippen LogP) is 5.07. The van der Waals surface area contributed by atoms with Crippen LogP contribution in [0.2, 0.25) is 0 Å². The average Bonchev–Trinajstić information content (AvgIpc) is 2.34. The molecule has 2 aliphatic carbocycles. The molecule has 0 aromatic heterocycles. The minimum absolute atomic E-state index is 0.395. The van der Waals surface area contributed by atoms with E-state index in [1.807, 2.05) is 0 Å². The van der Waals surface area contributed by atoms with E-state index in [1.165, 1.54) is 32.1 Å². The second kappa shape index (κ2) is 8.65. The molecule has 0 bridgehead atoms. The van der Waals surface area contributed by atoms with E-state index in [0.29, 0.717) is 12.5 Å². The zero-order chi connectivity index (χ0) is 13.7. The minimum atomic E-state index is 0.395. The molecule has 0 spiro atoms. The zero-order valence-corrected chi connectivity index (χ0v) is 16.2. The van der Waals surface area contributed by atoms with Crippen LogP contribution in [0.4, 0.5) is 0 Å². The summed E-state index contributed by atoms with van der Waals surface area (Å²) in [7, 11) is 0. The Labute approximate surface area is 140 Å². The van der Waals surface area contributed by atoms with E-state index in [0.717, 1.165) is 25.6 Å². The van der Waals surface area contributed by atoms with Crippen molar-refractivity contribution < 1.29 is 5.11 Å². The highest BCUT2D eigenvalue weighted by Crippen LogP contribution is 2.44. The van der Waals surface area contributed by atoms with Crippen molar-refractivity contribution in [3.05, 3.63) is 0 Å². The van der Waals surface area contributed by atoms with Gasteiger partial charge in [-0.05, 0) is 36.5 Å². The van der Waals surface area contributed by atoms with Gasteiger partial charge in [0.05, 0.1) is 0 Å². The molecule has 0 amide bonds. The Hall–Kier alpha value is 1.42. The van der Waals surface area contributed by atoms with Gasteiger partial charge in [-0.25, -0.2) is 0 Å². The molecule has 0 radical (unpaired) electrons. The summed E-state index contributed by atoms with van der Waals surface area (Å²) in [6.45, 7) is 7.23. The Balaban J connectivity index is 0.000000180. The van der Waals surface area contributed by atoms with E-state index in [2.05, 4.69) is 66.0 Å². The second-order valence-electron chi connectivity index (χ2n) is 5.76. The van der Waals surface area contributed by atoms with E-state index >= 15 is 0 Å². The Morgan fingerprint density at radius 2 is 1.28 bits per heavy atom. The molecule has 2 aliphatic rings. The normalized spacial score (nSPS) is 42.3. The van der Waals surface area contributed by atoms with Gasteiger partial charge in [0.2, 0.25) is 0 Å². The minimum Gasteiger partial charge on any atom is -0.396 e. The SMILES string of the molecule is CC[C@H]1CC(I)[C@@H]1CC.CC[C@H]1CC(I)[C@@H]1CO. The van der Waals surface area contributed by atoms with Crippen molar-refractivity contribution in [2.75, 3.05) is 6.61 Å². The van der Waals surface area contributed by atoms with E-state index in [4.69, 9.17) is 5.11 Å². The molecular weight excluding hydrogens is 450 g/mol. The monoisotopic (exact) mass is 478 g/mol. The lowest BCUT2D eigenvalue weighted by atomic mass is 9.71. The van der Waals surface area contributed by atoms with Gasteiger partial charge in [-0.15, -0.1) is 0 Å². The molecule has 0 aromatic rings. The summed E-state index contributed by atoms with van der Waals surface area (Å²) in [5.41, 5.74) is 0. The molecule has 18 heavy (non-hydrogen) atoms. The maximum atomic E-state index is 8.85. The number of halogens is 2. The molecular formula is C15H28I2O. The molecule has 0 heterocycles. The third-order valence-electron chi connectivity index (χ3n) is 4.93. The molecule has 3 heteroatoms. The fourth-order valence-electron chi connectivity index (χ4n) is 3.27. The zero-order valence-electron chi connectivity index (χ0n) is 11.9. The van der Waals surface area contributed by atoms with E-state index in [9.17, 15) is 0 Å². The molecule has 0 saturated heterocycles. The maximum absolute atomic E-state index is 8.85. The summed E-state index contributed by atoms with van der Waals surface area (Å²) in [5.74, 6) is 3.54. The van der Waals surface area contributed by atoms with Gasteiger partial charge in [0, 0.05) is 14.5 Å². The summed E-state index contributed by atoms with van der Waals surface area (Å²) in [5, 5.41) is 8.85. The number of aliphatic hydroxyl groups is 1. The van der Waals surface area contributed by atoms with Gasteiger partial charge in [0.1, 0.15) is 0 Å². The van der Waals surface area contributed by atoms with Crippen molar-refractivity contribution in [3.63, 3.8) is 0 Å². The Morgan fingerprint density at radius 3 is 1.44 bits per heavy atom. The summed E-state index contributed by atoms with van der Waals surface area (Å²) in [4.78, 5) is 0. The van der Waals surface area contributed by atoms with E-state index in [-0.39, 0.29) is 0 Å². The number of hydrogen-bond acceptors (Lipinski definition) is 1. The first-order chi connectivity index (χ1) is 8.58. The molecule has 1 N–H and O–H groups in total. The van der Waals surface area contributed by atoms with Gasteiger partial charge in [0.15, 0.2) is 0 Å². The van der Waals surface area contributed by atoms with Crippen LogP contribution in [0, 0.1) is 23.7 Å². The standard InChI is InChI=1S/C8H15I.C7H13IO/c1-3-6-5-8(9)7(6)4-2;1-2-5-3-7(8)6(5)4-9/h6-8H,3-5H2,1-2H3;5-7,9H,2-4H2,1H3/t6-,7+,8?;5-,6+,7?/m00/s1. The quantitative estimate of drug-likeness (QED) is 0.442. The molecule has 2 saturated carbocycles. The lowest BCUT2D eigenvalue weighted by Gasteiger charge is -2.41. The first-order valence-electron chi connectivity index (χ1n) is 7.47. The molecule has 2 rings (SSSR count). The molecule has 2 unspecified atom stereocenters. The summed E-state index contributed by atoms with van der Waals surface area (Å²) in [6.07, 6.45) is 6.84. The first-order valence-corrected chi connectivity index (χ1v) is 9.96. The largest absolute Gasteiger partial charge is 0.396 e. The van der Waals surface area contributed by atoms with Gasteiger partial charge in [-0.2, -0.15) is 0 Å². The van der Waals surface area contributed by atoms with E-state index < -0.39 is 0 Å². The van der Waals surface area contributed by atoms with Crippen LogP contribution in [-0.4, -0.2) is 19.6 Å². The molecule has 2 fully saturated rings. The number of rotatable bonds is 4. The molecule has 0 aliphatic heterocycles. The van der Waals surface area contributed by atoms with Crippen LogP contribution < -0.4 is 0 Å². The topological polar surface area (TPSA) is 20.2 Å². The Bertz CT molecular complexity index is 211. The van der Waals surface area contributed by atoms with Gasteiger partial charge in [-0.1, -0.05) is 85.2 Å². The number of hydrogen-bond donors (Lipinski definition) is 1. The van der Waals surface area contributed by atoms with Crippen LogP contribution >= 0.6 is 45.2 Å². The molecule has 6 atom stereocenters. The molecule has 1 nitrogen and oxygen atoms in total. The highest BCUT2D eigenvalue weighted by Gasteiger charge is 2.37. The average molecular weight is 478 g/mol. The van der Waals surface area contributed by atoms with Gasteiger partial charge in [0.25, 0.3) is 0 Å². The van der Waals surface area contributed by atoms with Crippen LogP contribution in [0.25, 0.3) is 0 Å².